The Labute approximate surface area is 182 Å². The standard InChI is InChI=1S/C19H35N5O5S/c1-11(2)15(17(26)22-13(10-30)19(28)29)23-16(25)14-7-5-9-24(14)18(27)12(21)6-3-4-8-20/h11-15,30H,3-10,20-21H2,1-2H3,(H,22,26)(H,23,25)(H,28,29). The molecule has 4 atom stereocenters. The summed E-state index contributed by atoms with van der Waals surface area (Å²) in [5, 5.41) is 14.2. The third-order valence-corrected chi connectivity index (χ3v) is 5.53. The molecule has 1 rings (SSSR count). The van der Waals surface area contributed by atoms with E-state index in [1.165, 1.54) is 4.90 Å². The highest BCUT2D eigenvalue weighted by Crippen LogP contribution is 2.20. The number of rotatable bonds is 12. The van der Waals surface area contributed by atoms with E-state index >= 15 is 0 Å². The molecule has 0 spiro atoms. The first-order chi connectivity index (χ1) is 14.1. The lowest BCUT2D eigenvalue weighted by molar-refractivity contribution is -0.143. The van der Waals surface area contributed by atoms with Crippen molar-refractivity contribution in [2.75, 3.05) is 18.8 Å². The number of carboxylic acid groups (broad SMARTS) is 1. The normalized spacial score (nSPS) is 19.3. The molecule has 0 aromatic heterocycles. The molecule has 0 aromatic carbocycles. The second-order valence-corrected chi connectivity index (χ2v) is 8.26. The molecule has 1 aliphatic heterocycles. The van der Waals surface area contributed by atoms with Crippen LogP contribution in [0.5, 0.6) is 0 Å². The number of nitrogens with two attached hydrogens (primary N) is 2. The van der Waals surface area contributed by atoms with Gasteiger partial charge >= 0.3 is 5.97 Å². The zero-order valence-corrected chi connectivity index (χ0v) is 18.6. The molecule has 3 amide bonds. The molecular formula is C19H35N5O5S. The lowest BCUT2D eigenvalue weighted by Gasteiger charge is -2.29. The largest absolute Gasteiger partial charge is 0.480 e. The van der Waals surface area contributed by atoms with Gasteiger partial charge < -0.3 is 32.1 Å². The molecule has 1 aliphatic rings. The number of hydrogen-bond acceptors (Lipinski definition) is 7. The minimum atomic E-state index is -1.21. The lowest BCUT2D eigenvalue weighted by atomic mass is 10.0. The Hall–Kier alpha value is -1.85. The van der Waals surface area contributed by atoms with Crippen LogP contribution in [0.4, 0.5) is 0 Å². The highest BCUT2D eigenvalue weighted by molar-refractivity contribution is 7.80. The molecular weight excluding hydrogens is 410 g/mol. The van der Waals surface area contributed by atoms with Gasteiger partial charge in [0.1, 0.15) is 18.1 Å². The Kier molecular flexibility index (Phi) is 11.1. The summed E-state index contributed by atoms with van der Waals surface area (Å²) < 4.78 is 0. The number of hydrogen-bond donors (Lipinski definition) is 6. The molecule has 11 heteroatoms. The molecule has 10 nitrogen and oxygen atoms in total. The number of carboxylic acids is 1. The fraction of sp³-hybridized carbons (Fsp3) is 0.789. The van der Waals surface area contributed by atoms with Crippen LogP contribution in [0.25, 0.3) is 0 Å². The molecule has 0 saturated carbocycles. The lowest BCUT2D eigenvalue weighted by Crippen LogP contribution is -2.58. The summed E-state index contributed by atoms with van der Waals surface area (Å²) in [4.78, 5) is 50.8. The molecule has 1 heterocycles. The molecule has 1 fully saturated rings. The van der Waals surface area contributed by atoms with E-state index in [9.17, 15) is 19.2 Å². The molecule has 0 radical (unpaired) electrons. The van der Waals surface area contributed by atoms with Crippen LogP contribution in [0.1, 0.15) is 46.0 Å². The van der Waals surface area contributed by atoms with Crippen molar-refractivity contribution in [1.29, 1.82) is 0 Å². The summed E-state index contributed by atoms with van der Waals surface area (Å²) in [5.41, 5.74) is 11.5. The second kappa shape index (κ2) is 12.8. The number of thiol groups is 1. The van der Waals surface area contributed by atoms with Crippen LogP contribution in [0, 0.1) is 5.92 Å². The number of unbranched alkanes of at least 4 members (excludes halogenated alkanes) is 1. The Morgan fingerprint density at radius 3 is 2.40 bits per heavy atom. The van der Waals surface area contributed by atoms with Crippen LogP contribution in [0.15, 0.2) is 0 Å². The Morgan fingerprint density at radius 2 is 1.87 bits per heavy atom. The van der Waals surface area contributed by atoms with Crippen LogP contribution in [0.3, 0.4) is 0 Å². The summed E-state index contributed by atoms with van der Waals surface area (Å²) in [6.45, 7) is 4.45. The van der Waals surface area contributed by atoms with Gasteiger partial charge in [0.2, 0.25) is 17.7 Å². The van der Waals surface area contributed by atoms with Crippen molar-refractivity contribution < 1.29 is 24.3 Å². The zero-order chi connectivity index (χ0) is 22.8. The summed E-state index contributed by atoms with van der Waals surface area (Å²) >= 11 is 3.93. The van der Waals surface area contributed by atoms with Crippen molar-refractivity contribution in [1.82, 2.24) is 15.5 Å². The second-order valence-electron chi connectivity index (χ2n) is 7.89. The van der Waals surface area contributed by atoms with Gasteiger partial charge in [-0.3, -0.25) is 14.4 Å². The van der Waals surface area contributed by atoms with Crippen LogP contribution in [-0.4, -0.2) is 76.7 Å². The number of aliphatic carboxylic acids is 1. The minimum absolute atomic E-state index is 0.0766. The van der Waals surface area contributed by atoms with Gasteiger partial charge in [-0.15, -0.1) is 0 Å². The van der Waals surface area contributed by atoms with Gasteiger partial charge in [0.25, 0.3) is 0 Å². The maximum absolute atomic E-state index is 12.9. The number of nitrogens with zero attached hydrogens (tertiary/aromatic N) is 1. The Bertz CT molecular complexity index is 618. The van der Waals surface area contributed by atoms with E-state index in [4.69, 9.17) is 16.6 Å². The van der Waals surface area contributed by atoms with Crippen molar-refractivity contribution in [2.45, 2.75) is 70.1 Å². The maximum Gasteiger partial charge on any atom is 0.327 e. The highest BCUT2D eigenvalue weighted by atomic mass is 32.1. The van der Waals surface area contributed by atoms with Gasteiger partial charge in [-0.2, -0.15) is 12.6 Å². The summed E-state index contributed by atoms with van der Waals surface area (Å²) in [6, 6.07) is -3.49. The predicted octanol–water partition coefficient (Wildman–Crippen LogP) is -0.926. The monoisotopic (exact) mass is 445 g/mol. The Morgan fingerprint density at radius 1 is 1.20 bits per heavy atom. The smallest absolute Gasteiger partial charge is 0.327 e. The van der Waals surface area contributed by atoms with Crippen molar-refractivity contribution in [3.63, 3.8) is 0 Å². The molecule has 0 bridgehead atoms. The number of carbonyl (C=O) groups excluding carboxylic acids is 3. The maximum atomic E-state index is 12.9. The van der Waals surface area contributed by atoms with Crippen LogP contribution in [-0.2, 0) is 19.2 Å². The van der Waals surface area contributed by atoms with Crippen molar-refractivity contribution >= 4 is 36.3 Å². The number of amides is 3. The van der Waals surface area contributed by atoms with Crippen LogP contribution in [0.2, 0.25) is 0 Å². The topological polar surface area (TPSA) is 168 Å². The SMILES string of the molecule is CC(C)C(NC(=O)C1CCCN1C(=O)C(N)CCCCN)C(=O)NC(CS)C(=O)O. The van der Waals surface area contributed by atoms with Gasteiger partial charge in [-0.1, -0.05) is 20.3 Å². The zero-order valence-electron chi connectivity index (χ0n) is 17.7. The Balaban J connectivity index is 2.79. The van der Waals surface area contributed by atoms with Gasteiger partial charge in [0, 0.05) is 12.3 Å². The van der Waals surface area contributed by atoms with Crippen LogP contribution < -0.4 is 22.1 Å². The summed E-state index contributed by atoms with van der Waals surface area (Å²) in [5.74, 6) is -2.89. The van der Waals surface area contributed by atoms with Gasteiger partial charge in [-0.05, 0) is 38.1 Å². The predicted molar refractivity (Wildman–Crippen MR) is 116 cm³/mol. The quantitative estimate of drug-likeness (QED) is 0.167. The van der Waals surface area contributed by atoms with E-state index < -0.39 is 42.0 Å². The molecule has 0 aliphatic carbocycles. The van der Waals surface area contributed by atoms with Gasteiger partial charge in [0.15, 0.2) is 0 Å². The van der Waals surface area contributed by atoms with E-state index in [0.717, 1.165) is 12.8 Å². The van der Waals surface area contributed by atoms with E-state index in [-0.39, 0.29) is 17.6 Å². The van der Waals surface area contributed by atoms with E-state index in [0.29, 0.717) is 32.4 Å². The fourth-order valence-electron chi connectivity index (χ4n) is 3.38. The van der Waals surface area contributed by atoms with E-state index in [1.807, 2.05) is 0 Å². The first-order valence-corrected chi connectivity index (χ1v) is 11.0. The third-order valence-electron chi connectivity index (χ3n) is 5.17. The third kappa shape index (κ3) is 7.44. The first-order valence-electron chi connectivity index (χ1n) is 10.3. The van der Waals surface area contributed by atoms with Crippen molar-refractivity contribution in [2.24, 2.45) is 17.4 Å². The molecule has 4 unspecified atom stereocenters. The molecule has 0 aromatic rings. The summed E-state index contributed by atoms with van der Waals surface area (Å²) in [6.07, 6.45) is 3.16. The average Bonchev–Trinajstić information content (AvgIpc) is 3.18. The molecule has 1 saturated heterocycles. The van der Waals surface area contributed by atoms with Gasteiger partial charge in [0.05, 0.1) is 6.04 Å². The average molecular weight is 446 g/mol. The van der Waals surface area contributed by atoms with Crippen molar-refractivity contribution in [3.8, 4) is 0 Å². The number of likely N-dealkylation sites (tertiary alicyclic amines) is 1. The summed E-state index contributed by atoms with van der Waals surface area (Å²) in [7, 11) is 0. The number of nitrogens with one attached hydrogen (secondary N) is 2. The fourth-order valence-corrected chi connectivity index (χ4v) is 3.63. The van der Waals surface area contributed by atoms with Crippen molar-refractivity contribution in [3.05, 3.63) is 0 Å². The number of carbonyl (C=O) groups is 4. The first kappa shape index (κ1) is 26.2. The van der Waals surface area contributed by atoms with E-state index in [1.54, 1.807) is 13.8 Å². The van der Waals surface area contributed by atoms with Gasteiger partial charge in [-0.25, -0.2) is 4.79 Å². The molecule has 30 heavy (non-hydrogen) atoms. The van der Waals surface area contributed by atoms with E-state index in [2.05, 4.69) is 23.3 Å². The highest BCUT2D eigenvalue weighted by Gasteiger charge is 2.38. The minimum Gasteiger partial charge on any atom is -0.480 e. The van der Waals surface area contributed by atoms with Crippen LogP contribution >= 0.6 is 12.6 Å². The molecule has 172 valence electrons. The molecule has 7 N–H and O–H groups in total.